The number of sulfonamides is 1. The highest BCUT2D eigenvalue weighted by Gasteiger charge is 2.33. The van der Waals surface area contributed by atoms with Gasteiger partial charge in [-0.15, -0.1) is 11.3 Å². The molecule has 3 aromatic rings. The lowest BCUT2D eigenvalue weighted by atomic mass is 9.99. The van der Waals surface area contributed by atoms with E-state index in [1.54, 1.807) is 41.8 Å². The number of thiazole rings is 1. The van der Waals surface area contributed by atoms with Crippen LogP contribution in [0.2, 0.25) is 0 Å². The summed E-state index contributed by atoms with van der Waals surface area (Å²) in [6.45, 7) is 2.38. The molecule has 1 saturated heterocycles. The summed E-state index contributed by atoms with van der Waals surface area (Å²) in [6, 6.07) is 12.7. The van der Waals surface area contributed by atoms with Crippen LogP contribution in [0.1, 0.15) is 18.4 Å². The fourth-order valence-corrected chi connectivity index (χ4v) is 5.91. The molecule has 0 aliphatic carbocycles. The summed E-state index contributed by atoms with van der Waals surface area (Å²) in [7, 11) is -3.67. The molecule has 33 heavy (non-hydrogen) atoms. The Labute approximate surface area is 195 Å². The number of nitro benzene ring substituents is 1. The van der Waals surface area contributed by atoms with Gasteiger partial charge in [0, 0.05) is 36.2 Å². The van der Waals surface area contributed by atoms with E-state index in [1.165, 1.54) is 27.8 Å². The van der Waals surface area contributed by atoms with E-state index in [4.69, 9.17) is 0 Å². The maximum Gasteiger partial charge on any atom is 0.269 e. The van der Waals surface area contributed by atoms with Gasteiger partial charge in [0.05, 0.1) is 21.4 Å². The van der Waals surface area contributed by atoms with E-state index < -0.39 is 20.9 Å². The molecule has 0 radical (unpaired) electrons. The van der Waals surface area contributed by atoms with Crippen molar-refractivity contribution in [2.75, 3.05) is 18.4 Å². The quantitative estimate of drug-likeness (QED) is 0.414. The average molecular weight is 487 g/mol. The van der Waals surface area contributed by atoms with Crippen molar-refractivity contribution in [3.05, 3.63) is 69.6 Å². The minimum Gasteiger partial charge on any atom is -0.302 e. The summed E-state index contributed by atoms with van der Waals surface area (Å²) in [5, 5.41) is 15.7. The second-order valence-electron chi connectivity index (χ2n) is 7.85. The first-order valence-corrected chi connectivity index (χ1v) is 12.6. The normalized spacial score (nSPS) is 16.9. The summed E-state index contributed by atoms with van der Waals surface area (Å²) in [5.41, 5.74) is 2.26. The number of piperidine rings is 1. The molecule has 1 atom stereocenters. The Morgan fingerprint density at radius 2 is 1.88 bits per heavy atom. The largest absolute Gasteiger partial charge is 0.302 e. The molecule has 1 aromatic heterocycles. The number of benzene rings is 2. The van der Waals surface area contributed by atoms with E-state index in [0.717, 1.165) is 5.56 Å². The molecule has 0 saturated carbocycles. The molecule has 1 unspecified atom stereocenters. The highest BCUT2D eigenvalue weighted by atomic mass is 32.2. The second kappa shape index (κ2) is 9.38. The third-order valence-electron chi connectivity index (χ3n) is 5.52. The number of nitrogens with one attached hydrogen (secondary N) is 1. The van der Waals surface area contributed by atoms with Crippen LogP contribution in [0, 0.1) is 23.0 Å². The zero-order chi connectivity index (χ0) is 23.6. The van der Waals surface area contributed by atoms with Gasteiger partial charge in [-0.3, -0.25) is 14.9 Å². The number of nitro groups is 1. The van der Waals surface area contributed by atoms with Crippen LogP contribution in [0.25, 0.3) is 11.3 Å². The first-order valence-electron chi connectivity index (χ1n) is 10.3. The molecule has 1 fully saturated rings. The topological polar surface area (TPSA) is 123 Å². The first kappa shape index (κ1) is 23.0. The molecule has 1 aliphatic heterocycles. The Kier molecular flexibility index (Phi) is 6.54. The molecular formula is C22H22N4O5S2. The van der Waals surface area contributed by atoms with Crippen molar-refractivity contribution in [3.63, 3.8) is 0 Å². The maximum atomic E-state index is 13.0. The lowest BCUT2D eigenvalue weighted by Crippen LogP contribution is -2.43. The van der Waals surface area contributed by atoms with E-state index in [-0.39, 0.29) is 23.0 Å². The molecule has 0 spiro atoms. The molecular weight excluding hydrogens is 464 g/mol. The zero-order valence-electron chi connectivity index (χ0n) is 17.8. The van der Waals surface area contributed by atoms with Crippen LogP contribution < -0.4 is 5.32 Å². The minimum atomic E-state index is -3.67. The van der Waals surface area contributed by atoms with Crippen molar-refractivity contribution in [1.29, 1.82) is 0 Å². The van der Waals surface area contributed by atoms with Gasteiger partial charge in [-0.2, -0.15) is 4.31 Å². The van der Waals surface area contributed by atoms with Gasteiger partial charge < -0.3 is 5.32 Å². The smallest absolute Gasteiger partial charge is 0.269 e. The standard InChI is InChI=1S/C22H22N4O5S2/c1-15-4-10-19(11-5-15)33(30,31)25-12-2-3-17(13-25)21(27)24-22-23-20(14-32-22)16-6-8-18(9-7-16)26(28)29/h4-11,14,17H,2-3,12-13H2,1H3,(H,23,24,27). The van der Waals surface area contributed by atoms with E-state index >= 15 is 0 Å². The van der Waals surface area contributed by atoms with E-state index in [1.807, 2.05) is 6.92 Å². The summed E-state index contributed by atoms with van der Waals surface area (Å²) in [5.74, 6) is -0.755. The Hall–Kier alpha value is -3.15. The van der Waals surface area contributed by atoms with Crippen molar-refractivity contribution < 1.29 is 18.1 Å². The number of aromatic nitrogens is 1. The van der Waals surface area contributed by atoms with Crippen LogP contribution in [-0.4, -0.2) is 41.6 Å². The third-order valence-corrected chi connectivity index (χ3v) is 8.16. The molecule has 11 heteroatoms. The summed E-state index contributed by atoms with van der Waals surface area (Å²) >= 11 is 1.24. The van der Waals surface area contributed by atoms with Crippen molar-refractivity contribution in [3.8, 4) is 11.3 Å². The summed E-state index contributed by atoms with van der Waals surface area (Å²) in [6.07, 6.45) is 1.18. The van der Waals surface area contributed by atoms with Crippen molar-refractivity contribution in [1.82, 2.24) is 9.29 Å². The first-order chi connectivity index (χ1) is 15.7. The highest BCUT2D eigenvalue weighted by molar-refractivity contribution is 7.89. The zero-order valence-corrected chi connectivity index (χ0v) is 19.4. The van der Waals surface area contributed by atoms with Crippen molar-refractivity contribution in [2.45, 2.75) is 24.7 Å². The van der Waals surface area contributed by atoms with Crippen molar-refractivity contribution >= 4 is 38.1 Å². The Bertz CT molecular complexity index is 1270. The number of hydrogen-bond acceptors (Lipinski definition) is 7. The molecule has 1 aliphatic rings. The fourth-order valence-electron chi connectivity index (χ4n) is 3.66. The van der Waals surface area contributed by atoms with Gasteiger partial charge in [0.1, 0.15) is 0 Å². The predicted molar refractivity (Wildman–Crippen MR) is 125 cm³/mol. The molecule has 2 aromatic carbocycles. The number of nitrogens with zero attached hydrogens (tertiary/aromatic N) is 3. The molecule has 0 bridgehead atoms. The number of carbonyl (C=O) groups is 1. The van der Waals surface area contributed by atoms with Gasteiger partial charge in [0.15, 0.2) is 5.13 Å². The monoisotopic (exact) mass is 486 g/mol. The number of anilines is 1. The number of rotatable bonds is 6. The number of aryl methyl sites for hydroxylation is 1. The van der Waals surface area contributed by atoms with Gasteiger partial charge in [-0.25, -0.2) is 13.4 Å². The molecule has 2 heterocycles. The van der Waals surface area contributed by atoms with Crippen LogP contribution in [-0.2, 0) is 14.8 Å². The Morgan fingerprint density at radius 1 is 1.18 bits per heavy atom. The van der Waals surface area contributed by atoms with Gasteiger partial charge >= 0.3 is 0 Å². The van der Waals surface area contributed by atoms with E-state index in [0.29, 0.717) is 35.8 Å². The summed E-state index contributed by atoms with van der Waals surface area (Å²) in [4.78, 5) is 27.8. The lowest BCUT2D eigenvalue weighted by molar-refractivity contribution is -0.384. The Morgan fingerprint density at radius 3 is 2.55 bits per heavy atom. The van der Waals surface area contributed by atoms with E-state index in [2.05, 4.69) is 10.3 Å². The average Bonchev–Trinajstić information content (AvgIpc) is 3.28. The number of carbonyl (C=O) groups excluding carboxylic acids is 1. The van der Waals surface area contributed by atoms with Gasteiger partial charge in [-0.05, 0) is 44.0 Å². The molecule has 1 N–H and O–H groups in total. The van der Waals surface area contributed by atoms with Gasteiger partial charge in [-0.1, -0.05) is 17.7 Å². The lowest BCUT2D eigenvalue weighted by Gasteiger charge is -2.31. The highest BCUT2D eigenvalue weighted by Crippen LogP contribution is 2.28. The number of hydrogen-bond donors (Lipinski definition) is 1. The SMILES string of the molecule is Cc1ccc(S(=O)(=O)N2CCCC(C(=O)Nc3nc(-c4ccc([N+](=O)[O-])cc4)cs3)C2)cc1. The van der Waals surface area contributed by atoms with Crippen LogP contribution >= 0.6 is 11.3 Å². The second-order valence-corrected chi connectivity index (χ2v) is 10.6. The van der Waals surface area contributed by atoms with Gasteiger partial charge in [0.25, 0.3) is 5.69 Å². The van der Waals surface area contributed by atoms with Crippen LogP contribution in [0.15, 0.2) is 58.8 Å². The summed E-state index contributed by atoms with van der Waals surface area (Å²) < 4.78 is 27.4. The fraction of sp³-hybridized carbons (Fsp3) is 0.273. The van der Waals surface area contributed by atoms with Crippen molar-refractivity contribution in [2.24, 2.45) is 5.92 Å². The number of non-ortho nitro benzene ring substituents is 1. The van der Waals surface area contributed by atoms with Crippen LogP contribution in [0.5, 0.6) is 0 Å². The molecule has 1 amide bonds. The molecule has 172 valence electrons. The predicted octanol–water partition coefficient (Wildman–Crippen LogP) is 4.07. The molecule has 4 rings (SSSR count). The van der Waals surface area contributed by atoms with Gasteiger partial charge in [0.2, 0.25) is 15.9 Å². The maximum absolute atomic E-state index is 13.0. The van der Waals surface area contributed by atoms with E-state index in [9.17, 15) is 23.3 Å². The number of amides is 1. The van der Waals surface area contributed by atoms with Crippen LogP contribution in [0.3, 0.4) is 0 Å². The van der Waals surface area contributed by atoms with Crippen LogP contribution in [0.4, 0.5) is 10.8 Å². The minimum absolute atomic E-state index is 0.00931. The molecule has 9 nitrogen and oxygen atoms in total. The Balaban J connectivity index is 1.42. The third kappa shape index (κ3) is 5.10.